The first kappa shape index (κ1) is 22.9. The van der Waals surface area contributed by atoms with Crippen LogP contribution in [0.4, 0.5) is 5.69 Å². The Labute approximate surface area is 165 Å². The van der Waals surface area contributed by atoms with Crippen LogP contribution in [0.25, 0.3) is 0 Å². The molecule has 0 heterocycles. The minimum absolute atomic E-state index is 0. The zero-order chi connectivity index (χ0) is 19.0. The lowest BCUT2D eigenvalue weighted by molar-refractivity contribution is 0.102. The summed E-state index contributed by atoms with van der Waals surface area (Å²) in [6, 6.07) is 12.9. The van der Waals surface area contributed by atoms with Gasteiger partial charge in [-0.25, -0.2) is 13.1 Å². The highest BCUT2D eigenvalue weighted by atomic mass is 35.5. The minimum Gasteiger partial charge on any atom is -0.494 e. The van der Waals surface area contributed by atoms with Crippen LogP contribution < -0.4 is 20.5 Å². The standard InChI is InChI=1S/C18H23N3O4S.ClH/c1-2-11-25-16-7-3-5-14(12-16)18(22)21-15-6-4-8-17(13-15)26(23,24)20-10-9-19;/h3-8,12-13,20H,2,9-11,19H2,1H3,(H,21,22);1H. The van der Waals surface area contributed by atoms with Crippen LogP contribution in [0.2, 0.25) is 0 Å². The van der Waals surface area contributed by atoms with Gasteiger partial charge in [0, 0.05) is 24.3 Å². The SMILES string of the molecule is CCCOc1cccc(C(=O)Nc2cccc(S(=O)(=O)NCCN)c2)c1.Cl. The largest absolute Gasteiger partial charge is 0.494 e. The van der Waals surface area contributed by atoms with E-state index in [9.17, 15) is 13.2 Å². The van der Waals surface area contributed by atoms with Gasteiger partial charge in [-0.3, -0.25) is 4.79 Å². The van der Waals surface area contributed by atoms with Gasteiger partial charge in [-0.05, 0) is 42.8 Å². The summed E-state index contributed by atoms with van der Waals surface area (Å²) in [6.45, 7) is 2.91. The number of nitrogens with two attached hydrogens (primary N) is 1. The Morgan fingerprint density at radius 2 is 1.89 bits per heavy atom. The number of ether oxygens (including phenoxy) is 1. The van der Waals surface area contributed by atoms with Gasteiger partial charge in [-0.2, -0.15) is 0 Å². The molecular formula is C18H24ClN3O4S. The lowest BCUT2D eigenvalue weighted by Crippen LogP contribution is -2.29. The van der Waals surface area contributed by atoms with Gasteiger partial charge >= 0.3 is 0 Å². The van der Waals surface area contributed by atoms with E-state index < -0.39 is 10.0 Å². The maximum atomic E-state index is 12.4. The molecular weight excluding hydrogens is 390 g/mol. The van der Waals surface area contributed by atoms with Gasteiger partial charge in [0.2, 0.25) is 10.0 Å². The molecule has 4 N–H and O–H groups in total. The smallest absolute Gasteiger partial charge is 0.255 e. The molecule has 0 atom stereocenters. The van der Waals surface area contributed by atoms with Crippen molar-refractivity contribution in [2.75, 3.05) is 25.0 Å². The molecule has 0 aliphatic carbocycles. The summed E-state index contributed by atoms with van der Waals surface area (Å²) in [5, 5.41) is 2.70. The van der Waals surface area contributed by atoms with Crippen molar-refractivity contribution in [3.05, 3.63) is 54.1 Å². The molecule has 2 rings (SSSR count). The van der Waals surface area contributed by atoms with Crippen molar-refractivity contribution in [3.63, 3.8) is 0 Å². The number of anilines is 1. The average Bonchev–Trinajstić information content (AvgIpc) is 2.65. The van der Waals surface area contributed by atoms with Crippen LogP contribution in [0, 0.1) is 0 Å². The minimum atomic E-state index is -3.66. The molecule has 2 aromatic carbocycles. The molecule has 2 aromatic rings. The average molecular weight is 414 g/mol. The fourth-order valence-corrected chi connectivity index (χ4v) is 3.26. The normalized spacial score (nSPS) is 10.7. The lowest BCUT2D eigenvalue weighted by atomic mass is 10.2. The second-order valence-corrected chi connectivity index (χ2v) is 7.31. The van der Waals surface area contributed by atoms with Gasteiger partial charge in [-0.1, -0.05) is 19.1 Å². The van der Waals surface area contributed by atoms with Gasteiger partial charge in [0.15, 0.2) is 0 Å². The number of halogens is 1. The Bertz CT molecular complexity index is 859. The fourth-order valence-electron chi connectivity index (χ4n) is 2.17. The number of amides is 1. The highest BCUT2D eigenvalue weighted by Crippen LogP contribution is 2.18. The fraction of sp³-hybridized carbons (Fsp3) is 0.278. The van der Waals surface area contributed by atoms with Gasteiger partial charge < -0.3 is 15.8 Å². The van der Waals surface area contributed by atoms with E-state index in [-0.39, 0.29) is 36.3 Å². The quantitative estimate of drug-likeness (QED) is 0.584. The highest BCUT2D eigenvalue weighted by Gasteiger charge is 2.14. The van der Waals surface area contributed by atoms with Crippen LogP contribution in [-0.2, 0) is 10.0 Å². The van der Waals surface area contributed by atoms with E-state index in [1.54, 1.807) is 36.4 Å². The molecule has 0 bridgehead atoms. The van der Waals surface area contributed by atoms with E-state index in [1.807, 2.05) is 6.92 Å². The monoisotopic (exact) mass is 413 g/mol. The van der Waals surface area contributed by atoms with Gasteiger partial charge in [0.1, 0.15) is 5.75 Å². The summed E-state index contributed by atoms with van der Waals surface area (Å²) in [5.74, 6) is 0.262. The summed E-state index contributed by atoms with van der Waals surface area (Å²) in [6.07, 6.45) is 0.871. The number of benzene rings is 2. The molecule has 0 unspecified atom stereocenters. The number of nitrogens with one attached hydrogen (secondary N) is 2. The highest BCUT2D eigenvalue weighted by molar-refractivity contribution is 7.89. The second kappa shape index (κ2) is 10.9. The Morgan fingerprint density at radius 3 is 2.59 bits per heavy atom. The van der Waals surface area contributed by atoms with Crippen molar-refractivity contribution in [2.24, 2.45) is 5.73 Å². The Balaban J connectivity index is 0.00000364. The van der Waals surface area contributed by atoms with E-state index in [0.29, 0.717) is 23.6 Å². The molecule has 27 heavy (non-hydrogen) atoms. The summed E-state index contributed by atoms with van der Waals surface area (Å²) < 4.78 is 32.2. The molecule has 1 amide bonds. The Morgan fingerprint density at radius 1 is 1.15 bits per heavy atom. The van der Waals surface area contributed by atoms with E-state index in [4.69, 9.17) is 10.5 Å². The van der Waals surface area contributed by atoms with Crippen molar-refractivity contribution in [3.8, 4) is 5.75 Å². The van der Waals surface area contributed by atoms with Gasteiger partial charge in [-0.15, -0.1) is 12.4 Å². The molecule has 0 saturated carbocycles. The molecule has 0 aromatic heterocycles. The van der Waals surface area contributed by atoms with Crippen molar-refractivity contribution >= 4 is 34.0 Å². The van der Waals surface area contributed by atoms with Crippen LogP contribution in [0.15, 0.2) is 53.4 Å². The topological polar surface area (TPSA) is 111 Å². The van der Waals surface area contributed by atoms with E-state index in [1.165, 1.54) is 12.1 Å². The molecule has 7 nitrogen and oxygen atoms in total. The van der Waals surface area contributed by atoms with E-state index in [2.05, 4.69) is 10.0 Å². The number of hydrogen-bond acceptors (Lipinski definition) is 5. The van der Waals surface area contributed by atoms with Crippen molar-refractivity contribution in [2.45, 2.75) is 18.2 Å². The predicted octanol–water partition coefficient (Wildman–Crippen LogP) is 2.39. The summed E-state index contributed by atoms with van der Waals surface area (Å²) in [5.41, 5.74) is 6.13. The summed E-state index contributed by atoms with van der Waals surface area (Å²) >= 11 is 0. The van der Waals surface area contributed by atoms with E-state index in [0.717, 1.165) is 6.42 Å². The molecule has 9 heteroatoms. The van der Waals surface area contributed by atoms with Gasteiger partial charge in [0.05, 0.1) is 11.5 Å². The summed E-state index contributed by atoms with van der Waals surface area (Å²) in [4.78, 5) is 12.5. The van der Waals surface area contributed by atoms with Gasteiger partial charge in [0.25, 0.3) is 5.91 Å². The second-order valence-electron chi connectivity index (χ2n) is 5.54. The van der Waals surface area contributed by atoms with Crippen molar-refractivity contribution < 1.29 is 17.9 Å². The molecule has 0 aliphatic rings. The first-order valence-corrected chi connectivity index (χ1v) is 9.78. The lowest BCUT2D eigenvalue weighted by Gasteiger charge is -2.10. The number of rotatable bonds is 9. The van der Waals surface area contributed by atoms with Crippen molar-refractivity contribution in [1.82, 2.24) is 4.72 Å². The van der Waals surface area contributed by atoms with Crippen LogP contribution in [0.1, 0.15) is 23.7 Å². The Hall–Kier alpha value is -2.13. The molecule has 0 spiro atoms. The van der Waals surface area contributed by atoms with Crippen LogP contribution in [0.5, 0.6) is 5.75 Å². The zero-order valence-electron chi connectivity index (χ0n) is 15.0. The van der Waals surface area contributed by atoms with Crippen LogP contribution >= 0.6 is 12.4 Å². The van der Waals surface area contributed by atoms with Crippen LogP contribution in [0.3, 0.4) is 0 Å². The summed E-state index contributed by atoms with van der Waals surface area (Å²) in [7, 11) is -3.66. The predicted molar refractivity (Wildman–Crippen MR) is 108 cm³/mol. The van der Waals surface area contributed by atoms with Crippen molar-refractivity contribution in [1.29, 1.82) is 0 Å². The third-order valence-corrected chi connectivity index (χ3v) is 4.87. The zero-order valence-corrected chi connectivity index (χ0v) is 16.6. The van der Waals surface area contributed by atoms with E-state index >= 15 is 0 Å². The number of sulfonamides is 1. The molecule has 148 valence electrons. The maximum Gasteiger partial charge on any atom is 0.255 e. The third-order valence-electron chi connectivity index (χ3n) is 3.41. The number of carbonyl (C=O) groups is 1. The number of carbonyl (C=O) groups excluding carboxylic acids is 1. The third kappa shape index (κ3) is 6.84. The molecule has 0 saturated heterocycles. The maximum absolute atomic E-state index is 12.4. The van der Waals surface area contributed by atoms with Crippen LogP contribution in [-0.4, -0.2) is 34.0 Å². The first-order chi connectivity index (χ1) is 12.5. The molecule has 0 fully saturated rings. The Kier molecular flexibility index (Phi) is 9.23. The molecule has 0 radical (unpaired) electrons. The first-order valence-electron chi connectivity index (χ1n) is 8.30. The number of hydrogen-bond donors (Lipinski definition) is 3. The molecule has 0 aliphatic heterocycles.